The molecule has 1 spiro atoms. The quantitative estimate of drug-likeness (QED) is 0.772. The molecule has 0 saturated carbocycles. The van der Waals surface area contributed by atoms with Crippen molar-refractivity contribution in [2.45, 2.75) is 18.4 Å². The number of nitrogens with zero attached hydrogens (tertiary/aromatic N) is 1. The number of imide groups is 1. The number of amides is 3. The van der Waals surface area contributed by atoms with Gasteiger partial charge in [-0.2, -0.15) is 0 Å². The summed E-state index contributed by atoms with van der Waals surface area (Å²) >= 11 is 0. The number of anilines is 1. The van der Waals surface area contributed by atoms with E-state index in [1.54, 1.807) is 24.3 Å². The number of carbonyl (C=O) groups excluding carboxylic acids is 2. The fourth-order valence-electron chi connectivity index (χ4n) is 3.40. The van der Waals surface area contributed by atoms with Gasteiger partial charge in [-0.3, -0.25) is 4.79 Å². The number of hydrogen-bond donors (Lipinski definition) is 1. The van der Waals surface area contributed by atoms with Gasteiger partial charge in [0.1, 0.15) is 5.69 Å². The highest BCUT2D eigenvalue weighted by Gasteiger charge is 2.47. The van der Waals surface area contributed by atoms with Crippen LogP contribution < -0.4 is 10.2 Å². The molecule has 2 aliphatic heterocycles. The maximum absolute atomic E-state index is 14.6. The number of carbonyl (C=O) groups is 2. The topological polar surface area (TPSA) is 58.6 Å². The van der Waals surface area contributed by atoms with Crippen molar-refractivity contribution in [1.82, 2.24) is 5.32 Å². The molecule has 2 aliphatic rings. The average molecular weight is 382 g/mol. The van der Waals surface area contributed by atoms with Crippen molar-refractivity contribution in [2.75, 3.05) is 18.1 Å². The first-order valence-corrected chi connectivity index (χ1v) is 8.76. The first-order valence-electron chi connectivity index (χ1n) is 8.76. The molecule has 0 aliphatic carbocycles. The maximum atomic E-state index is 14.6. The van der Waals surface area contributed by atoms with Crippen molar-refractivity contribution in [3.63, 3.8) is 0 Å². The molecule has 2 fully saturated rings. The molecule has 0 radical (unpaired) electrons. The third-order valence-electron chi connectivity index (χ3n) is 4.78. The molecule has 2 heterocycles. The van der Waals surface area contributed by atoms with E-state index in [4.69, 9.17) is 4.74 Å². The van der Waals surface area contributed by atoms with Gasteiger partial charge in [0.15, 0.2) is 11.6 Å². The third kappa shape index (κ3) is 3.35. The number of benzene rings is 2. The van der Waals surface area contributed by atoms with Crippen LogP contribution in [-0.2, 0) is 9.53 Å². The molecule has 0 bridgehead atoms. The fraction of sp³-hybridized carbons (Fsp3) is 0.238. The Balaban J connectivity index is 1.63. The molecule has 7 heteroatoms. The molecule has 0 aromatic heterocycles. The predicted octanol–water partition coefficient (Wildman–Crippen LogP) is 2.97. The highest BCUT2D eigenvalue weighted by atomic mass is 19.1. The highest BCUT2D eigenvalue weighted by molar-refractivity contribution is 6.16. The second-order valence-corrected chi connectivity index (χ2v) is 6.82. The van der Waals surface area contributed by atoms with Gasteiger partial charge >= 0.3 is 6.03 Å². The normalized spacial score (nSPS) is 21.4. The van der Waals surface area contributed by atoms with E-state index in [-0.39, 0.29) is 18.6 Å². The monoisotopic (exact) mass is 382 g/mol. The van der Waals surface area contributed by atoms with Gasteiger partial charge in [0.25, 0.3) is 0 Å². The first kappa shape index (κ1) is 18.1. The highest BCUT2D eigenvalue weighted by Crippen LogP contribution is 2.32. The Morgan fingerprint density at radius 1 is 1.04 bits per heavy atom. The van der Waals surface area contributed by atoms with Gasteiger partial charge in [-0.15, -0.1) is 0 Å². The summed E-state index contributed by atoms with van der Waals surface area (Å²) in [6.45, 7) is 0.627. The zero-order valence-electron chi connectivity index (χ0n) is 14.8. The number of rotatable bonds is 1. The van der Waals surface area contributed by atoms with Crippen LogP contribution in [0.3, 0.4) is 0 Å². The largest absolute Gasteiger partial charge is 0.379 e. The van der Waals surface area contributed by atoms with Crippen LogP contribution in [0.4, 0.5) is 19.3 Å². The van der Waals surface area contributed by atoms with Gasteiger partial charge in [-0.1, -0.05) is 30.0 Å². The molecule has 142 valence electrons. The van der Waals surface area contributed by atoms with Gasteiger partial charge in [0.05, 0.1) is 18.6 Å². The Morgan fingerprint density at radius 2 is 1.71 bits per heavy atom. The van der Waals surface area contributed by atoms with E-state index in [0.29, 0.717) is 23.5 Å². The molecule has 1 unspecified atom stereocenters. The lowest BCUT2D eigenvalue weighted by Crippen LogP contribution is -2.63. The Labute approximate surface area is 160 Å². The predicted molar refractivity (Wildman–Crippen MR) is 97.6 cm³/mol. The summed E-state index contributed by atoms with van der Waals surface area (Å²) in [5.74, 6) is 2.76. The number of hydrogen-bond acceptors (Lipinski definition) is 3. The van der Waals surface area contributed by atoms with E-state index in [1.165, 1.54) is 0 Å². The molecular formula is C21H16F2N2O3. The third-order valence-corrected chi connectivity index (χ3v) is 4.78. The average Bonchev–Trinajstić information content (AvgIpc) is 3.10. The van der Waals surface area contributed by atoms with Crippen molar-refractivity contribution in [3.05, 3.63) is 65.2 Å². The van der Waals surface area contributed by atoms with E-state index in [9.17, 15) is 18.4 Å². The van der Waals surface area contributed by atoms with Crippen LogP contribution in [0.25, 0.3) is 0 Å². The van der Waals surface area contributed by atoms with Crippen LogP contribution in [0.5, 0.6) is 0 Å². The number of ether oxygens (including phenoxy) is 1. The Morgan fingerprint density at radius 3 is 2.32 bits per heavy atom. The van der Waals surface area contributed by atoms with Gasteiger partial charge < -0.3 is 10.1 Å². The standard InChI is InChI=1S/C21H16F2N2O3/c22-16-10-15(7-6-14-4-2-1-3-5-14)11-17(23)19(16)25-18(26)12-21(24-20(25)27)8-9-28-13-21/h1-5,10-11H,8-9,12-13H2,(H,24,27). The van der Waals surface area contributed by atoms with Crippen molar-refractivity contribution in [2.24, 2.45) is 0 Å². The van der Waals surface area contributed by atoms with Crippen molar-refractivity contribution in [3.8, 4) is 11.8 Å². The fourth-order valence-corrected chi connectivity index (χ4v) is 3.40. The Hall–Kier alpha value is -3.24. The van der Waals surface area contributed by atoms with Crippen molar-refractivity contribution in [1.29, 1.82) is 0 Å². The minimum Gasteiger partial charge on any atom is -0.379 e. The van der Waals surface area contributed by atoms with E-state index in [0.717, 1.165) is 12.1 Å². The maximum Gasteiger partial charge on any atom is 0.329 e. The van der Waals surface area contributed by atoms with E-state index in [2.05, 4.69) is 17.2 Å². The molecule has 1 N–H and O–H groups in total. The summed E-state index contributed by atoms with van der Waals surface area (Å²) in [6, 6.07) is 10.1. The molecule has 28 heavy (non-hydrogen) atoms. The minimum absolute atomic E-state index is 0.0762. The lowest BCUT2D eigenvalue weighted by Gasteiger charge is -2.37. The molecule has 4 rings (SSSR count). The van der Waals surface area contributed by atoms with E-state index >= 15 is 0 Å². The molecule has 2 saturated heterocycles. The van der Waals surface area contributed by atoms with Crippen LogP contribution in [-0.4, -0.2) is 30.7 Å². The second-order valence-electron chi connectivity index (χ2n) is 6.82. The van der Waals surface area contributed by atoms with Crippen molar-refractivity contribution < 1.29 is 23.1 Å². The summed E-state index contributed by atoms with van der Waals surface area (Å²) in [6.07, 6.45) is 0.407. The molecule has 3 amide bonds. The van der Waals surface area contributed by atoms with Crippen LogP contribution in [0.15, 0.2) is 42.5 Å². The summed E-state index contributed by atoms with van der Waals surface area (Å²) in [5.41, 5.74) is -0.685. The summed E-state index contributed by atoms with van der Waals surface area (Å²) in [4.78, 5) is 25.5. The lowest BCUT2D eigenvalue weighted by atomic mass is 9.91. The summed E-state index contributed by atoms with van der Waals surface area (Å²) in [7, 11) is 0. The number of urea groups is 1. The van der Waals surface area contributed by atoms with Crippen LogP contribution >= 0.6 is 0 Å². The van der Waals surface area contributed by atoms with Crippen LogP contribution in [0.2, 0.25) is 0 Å². The molecule has 2 aromatic carbocycles. The number of halogens is 2. The summed E-state index contributed by atoms with van der Waals surface area (Å²) in [5, 5.41) is 2.67. The van der Waals surface area contributed by atoms with Crippen LogP contribution in [0.1, 0.15) is 24.0 Å². The summed E-state index contributed by atoms with van der Waals surface area (Å²) < 4.78 is 34.5. The molecule has 5 nitrogen and oxygen atoms in total. The lowest BCUT2D eigenvalue weighted by molar-refractivity contribution is -0.120. The minimum atomic E-state index is -1.03. The first-order chi connectivity index (χ1) is 13.5. The molecule has 1 atom stereocenters. The SMILES string of the molecule is O=C1CC2(CCOC2)NC(=O)N1c1c(F)cc(C#Cc2ccccc2)cc1F. The van der Waals surface area contributed by atoms with E-state index in [1.807, 2.05) is 6.07 Å². The van der Waals surface area contributed by atoms with E-state index < -0.39 is 34.8 Å². The number of nitrogens with one attached hydrogen (secondary N) is 1. The Bertz CT molecular complexity index is 962. The zero-order valence-corrected chi connectivity index (χ0v) is 14.8. The van der Waals surface area contributed by atoms with Gasteiger partial charge in [0, 0.05) is 17.7 Å². The van der Waals surface area contributed by atoms with Gasteiger partial charge in [0.2, 0.25) is 5.91 Å². The van der Waals surface area contributed by atoms with Crippen LogP contribution in [0, 0.1) is 23.5 Å². The van der Waals surface area contributed by atoms with Gasteiger partial charge in [-0.05, 0) is 30.7 Å². The van der Waals surface area contributed by atoms with Gasteiger partial charge in [-0.25, -0.2) is 18.5 Å². The Kier molecular flexibility index (Phi) is 4.57. The molecular weight excluding hydrogens is 366 g/mol. The zero-order chi connectivity index (χ0) is 19.7. The molecule has 2 aromatic rings. The van der Waals surface area contributed by atoms with Crippen molar-refractivity contribution >= 4 is 17.6 Å². The smallest absolute Gasteiger partial charge is 0.329 e. The second kappa shape index (κ2) is 7.06.